The Morgan fingerprint density at radius 3 is 2.53 bits per heavy atom. The summed E-state index contributed by atoms with van der Waals surface area (Å²) in [5.41, 5.74) is 6.63. The largest absolute Gasteiger partial charge is 0.397 e. The van der Waals surface area contributed by atoms with Crippen LogP contribution >= 0.6 is 38.9 Å². The molecule has 4 nitrogen and oxygen atoms in total. The van der Waals surface area contributed by atoms with Gasteiger partial charge < -0.3 is 5.73 Å². The lowest BCUT2D eigenvalue weighted by Crippen LogP contribution is -2.26. The minimum atomic E-state index is -3.66. The molecule has 2 rings (SSSR count). The first kappa shape index (κ1) is 14.6. The molecule has 0 aliphatic heterocycles. The first-order valence-electron chi connectivity index (χ1n) is 5.12. The predicted molar refractivity (Wildman–Crippen MR) is 83.5 cm³/mol. The van der Waals surface area contributed by atoms with Gasteiger partial charge >= 0.3 is 0 Å². The average molecular weight is 382 g/mol. The van der Waals surface area contributed by atoms with E-state index in [1.165, 1.54) is 13.1 Å². The molecule has 0 atom stereocenters. The molecule has 102 valence electrons. The van der Waals surface area contributed by atoms with Crippen molar-refractivity contribution in [3.63, 3.8) is 0 Å². The highest BCUT2D eigenvalue weighted by molar-refractivity contribution is 9.11. The van der Waals surface area contributed by atoms with E-state index < -0.39 is 10.0 Å². The Hall–Kier alpha value is -0.760. The van der Waals surface area contributed by atoms with E-state index in [-0.39, 0.29) is 4.21 Å². The van der Waals surface area contributed by atoms with Crippen molar-refractivity contribution in [2.45, 2.75) is 4.21 Å². The maximum Gasteiger partial charge on any atom is 0.273 e. The number of nitrogens with two attached hydrogens (primary N) is 1. The normalized spacial score (nSPS) is 11.5. The highest BCUT2D eigenvalue weighted by Gasteiger charge is 2.25. The number of anilines is 2. The van der Waals surface area contributed by atoms with Crippen LogP contribution in [0.5, 0.6) is 0 Å². The van der Waals surface area contributed by atoms with E-state index >= 15 is 0 Å². The third kappa shape index (κ3) is 2.74. The van der Waals surface area contributed by atoms with Gasteiger partial charge in [0.25, 0.3) is 10.0 Å². The van der Waals surface area contributed by atoms with E-state index in [2.05, 4.69) is 15.9 Å². The molecular weight excluding hydrogens is 372 g/mol. The minimum absolute atomic E-state index is 0.162. The number of thiophene rings is 1. The fraction of sp³-hybridized carbons (Fsp3) is 0.0909. The van der Waals surface area contributed by atoms with Gasteiger partial charge in [-0.25, -0.2) is 8.42 Å². The van der Waals surface area contributed by atoms with E-state index in [4.69, 9.17) is 17.3 Å². The van der Waals surface area contributed by atoms with E-state index in [0.717, 1.165) is 15.6 Å². The van der Waals surface area contributed by atoms with Gasteiger partial charge in [0.15, 0.2) is 0 Å². The first-order chi connectivity index (χ1) is 8.84. The fourth-order valence-electron chi connectivity index (χ4n) is 1.49. The van der Waals surface area contributed by atoms with Crippen LogP contribution in [0.1, 0.15) is 0 Å². The molecule has 1 aromatic carbocycles. The van der Waals surface area contributed by atoms with Crippen molar-refractivity contribution in [2.24, 2.45) is 0 Å². The zero-order valence-corrected chi connectivity index (χ0v) is 13.8. The summed E-state index contributed by atoms with van der Waals surface area (Å²) in [7, 11) is -2.20. The second-order valence-corrected chi connectivity index (χ2v) is 8.69. The van der Waals surface area contributed by atoms with Gasteiger partial charge in [0, 0.05) is 7.05 Å². The lowest BCUT2D eigenvalue weighted by atomic mass is 10.3. The molecule has 0 aliphatic carbocycles. The predicted octanol–water partition coefficient (Wildman–Crippen LogP) is 3.57. The van der Waals surface area contributed by atoms with Crippen LogP contribution in [0.2, 0.25) is 5.02 Å². The summed E-state index contributed by atoms with van der Waals surface area (Å²) >= 11 is 10.1. The van der Waals surface area contributed by atoms with Gasteiger partial charge in [-0.05, 0) is 34.1 Å². The summed E-state index contributed by atoms with van der Waals surface area (Å²) in [6.07, 6.45) is 0. The Morgan fingerprint density at radius 1 is 1.37 bits per heavy atom. The van der Waals surface area contributed by atoms with Crippen LogP contribution in [0.15, 0.2) is 38.3 Å². The third-order valence-electron chi connectivity index (χ3n) is 2.51. The molecule has 8 heteroatoms. The molecule has 0 radical (unpaired) electrons. The van der Waals surface area contributed by atoms with Gasteiger partial charge in [-0.2, -0.15) is 0 Å². The highest BCUT2D eigenvalue weighted by Crippen LogP contribution is 2.37. The summed E-state index contributed by atoms with van der Waals surface area (Å²) in [4.78, 5) is 0. The molecular formula is C11H10BrClN2O2S2. The molecule has 0 amide bonds. The Labute approximate surface area is 129 Å². The first-order valence-corrected chi connectivity index (χ1v) is 8.55. The Balaban J connectivity index is 2.48. The SMILES string of the molecule is CN(c1ccccc1N)S(=O)(=O)c1cc(Cl)c(Br)s1. The number of sulfonamides is 1. The van der Waals surface area contributed by atoms with Gasteiger partial charge in [0.2, 0.25) is 0 Å². The summed E-state index contributed by atoms with van der Waals surface area (Å²) in [6, 6.07) is 8.20. The maximum atomic E-state index is 12.5. The zero-order chi connectivity index (χ0) is 14.2. The van der Waals surface area contributed by atoms with Crippen LogP contribution < -0.4 is 10.0 Å². The number of benzene rings is 1. The van der Waals surface area contributed by atoms with Crippen LogP contribution in [-0.4, -0.2) is 15.5 Å². The number of rotatable bonds is 3. The molecule has 2 aromatic rings. The van der Waals surface area contributed by atoms with Crippen molar-refractivity contribution < 1.29 is 8.42 Å². The number of hydrogen-bond acceptors (Lipinski definition) is 4. The molecule has 1 heterocycles. The van der Waals surface area contributed by atoms with Gasteiger partial charge in [-0.15, -0.1) is 11.3 Å². The number of nitrogens with zero attached hydrogens (tertiary/aromatic N) is 1. The van der Waals surface area contributed by atoms with E-state index in [1.54, 1.807) is 24.3 Å². The van der Waals surface area contributed by atoms with Crippen LogP contribution in [0.4, 0.5) is 11.4 Å². The molecule has 2 N–H and O–H groups in total. The van der Waals surface area contributed by atoms with Crippen LogP contribution in [0.3, 0.4) is 0 Å². The monoisotopic (exact) mass is 380 g/mol. The second-order valence-electron chi connectivity index (χ2n) is 3.72. The van der Waals surface area contributed by atoms with Gasteiger partial charge in [0.1, 0.15) is 4.21 Å². The molecule has 0 spiro atoms. The molecule has 0 fully saturated rings. The van der Waals surface area contributed by atoms with Crippen molar-refractivity contribution in [1.29, 1.82) is 0 Å². The van der Waals surface area contributed by atoms with E-state index in [0.29, 0.717) is 20.2 Å². The van der Waals surface area contributed by atoms with E-state index in [1.807, 2.05) is 0 Å². The quantitative estimate of drug-likeness (QED) is 0.827. The van der Waals surface area contributed by atoms with Crippen molar-refractivity contribution in [2.75, 3.05) is 17.1 Å². The standard InChI is InChI=1S/C11H10BrClN2O2S2/c1-15(9-5-3-2-4-8(9)14)19(16,17)10-6-7(13)11(12)18-10/h2-6H,14H2,1H3. The lowest BCUT2D eigenvalue weighted by Gasteiger charge is -2.19. The molecule has 0 saturated heterocycles. The summed E-state index contributed by atoms with van der Waals surface area (Å²) in [6.45, 7) is 0. The lowest BCUT2D eigenvalue weighted by molar-refractivity contribution is 0.596. The average Bonchev–Trinajstić information content (AvgIpc) is 2.70. The smallest absolute Gasteiger partial charge is 0.273 e. The van der Waals surface area contributed by atoms with Crippen molar-refractivity contribution in [1.82, 2.24) is 0 Å². The Morgan fingerprint density at radius 2 is 2.00 bits per heavy atom. The molecule has 0 unspecified atom stereocenters. The summed E-state index contributed by atoms with van der Waals surface area (Å²) in [5, 5.41) is 0.373. The highest BCUT2D eigenvalue weighted by atomic mass is 79.9. The summed E-state index contributed by atoms with van der Waals surface area (Å²) < 4.78 is 26.8. The van der Waals surface area contributed by atoms with Crippen LogP contribution in [-0.2, 0) is 10.0 Å². The zero-order valence-electron chi connectivity index (χ0n) is 9.80. The Bertz CT molecular complexity index is 696. The van der Waals surface area contributed by atoms with Gasteiger partial charge in [-0.1, -0.05) is 23.7 Å². The third-order valence-corrected chi connectivity index (χ3v) is 7.21. The molecule has 0 bridgehead atoms. The number of nitrogen functional groups attached to an aromatic ring is 1. The number of hydrogen-bond donors (Lipinski definition) is 1. The fourth-order valence-corrected chi connectivity index (χ4v) is 5.28. The van der Waals surface area contributed by atoms with Crippen molar-refractivity contribution >= 4 is 60.3 Å². The van der Waals surface area contributed by atoms with Gasteiger partial charge in [0.05, 0.1) is 20.2 Å². The molecule has 0 saturated carbocycles. The number of halogens is 2. The minimum Gasteiger partial charge on any atom is -0.397 e. The molecule has 0 aliphatic rings. The van der Waals surface area contributed by atoms with Crippen molar-refractivity contribution in [3.05, 3.63) is 39.1 Å². The second kappa shape index (κ2) is 5.32. The topological polar surface area (TPSA) is 63.4 Å². The molecule has 19 heavy (non-hydrogen) atoms. The maximum absolute atomic E-state index is 12.5. The molecule has 1 aromatic heterocycles. The van der Waals surface area contributed by atoms with Gasteiger partial charge in [-0.3, -0.25) is 4.31 Å². The van der Waals surface area contributed by atoms with Crippen LogP contribution in [0.25, 0.3) is 0 Å². The van der Waals surface area contributed by atoms with Crippen molar-refractivity contribution in [3.8, 4) is 0 Å². The number of para-hydroxylation sites is 2. The Kier molecular flexibility index (Phi) is 4.10. The van der Waals surface area contributed by atoms with E-state index in [9.17, 15) is 8.42 Å². The van der Waals surface area contributed by atoms with Crippen LogP contribution in [0, 0.1) is 0 Å². The summed E-state index contributed by atoms with van der Waals surface area (Å²) in [5.74, 6) is 0.